The van der Waals surface area contributed by atoms with Crippen LogP contribution in [-0.2, 0) is 0 Å². The van der Waals surface area contributed by atoms with E-state index in [2.05, 4.69) is 48.6 Å². The van der Waals surface area contributed by atoms with Gasteiger partial charge in [0.05, 0.1) is 12.1 Å². The summed E-state index contributed by atoms with van der Waals surface area (Å²) < 4.78 is 6.00. The van der Waals surface area contributed by atoms with Crippen LogP contribution >= 0.6 is 0 Å². The van der Waals surface area contributed by atoms with Gasteiger partial charge >= 0.3 is 0 Å². The van der Waals surface area contributed by atoms with Crippen molar-refractivity contribution in [3.05, 3.63) is 29.8 Å². The third kappa shape index (κ3) is 3.24. The summed E-state index contributed by atoms with van der Waals surface area (Å²) in [6, 6.07) is 9.22. The van der Waals surface area contributed by atoms with E-state index in [4.69, 9.17) is 4.74 Å². The number of nitrogens with zero attached hydrogens (tertiary/aromatic N) is 1. The summed E-state index contributed by atoms with van der Waals surface area (Å²) in [5, 5.41) is 3.51. The molecule has 0 radical (unpaired) electrons. The van der Waals surface area contributed by atoms with Crippen LogP contribution in [-0.4, -0.2) is 38.2 Å². The Morgan fingerprint density at radius 2 is 1.95 bits per heavy atom. The number of rotatable bonds is 4. The summed E-state index contributed by atoms with van der Waals surface area (Å²) >= 11 is 0. The van der Waals surface area contributed by atoms with Gasteiger partial charge in [-0.15, -0.1) is 0 Å². The Bertz CT molecular complexity index is 456. The average Bonchev–Trinajstić information content (AvgIpc) is 2.54. The van der Waals surface area contributed by atoms with Gasteiger partial charge in [-0.1, -0.05) is 37.5 Å². The molecule has 3 heteroatoms. The first-order valence-corrected chi connectivity index (χ1v) is 8.39. The Labute approximate surface area is 128 Å². The van der Waals surface area contributed by atoms with Crippen molar-refractivity contribution in [3.63, 3.8) is 0 Å². The summed E-state index contributed by atoms with van der Waals surface area (Å²) in [5.74, 6) is 1.91. The first-order valence-electron chi connectivity index (χ1n) is 8.39. The highest BCUT2D eigenvalue weighted by Gasteiger charge is 2.33. The number of para-hydroxylation sites is 1. The highest BCUT2D eigenvalue weighted by molar-refractivity contribution is 5.38. The fourth-order valence-electron chi connectivity index (χ4n) is 3.99. The fourth-order valence-corrected chi connectivity index (χ4v) is 3.99. The van der Waals surface area contributed by atoms with Gasteiger partial charge in [-0.3, -0.25) is 4.90 Å². The summed E-state index contributed by atoms with van der Waals surface area (Å²) in [6.45, 7) is 1.99. The third-order valence-electron chi connectivity index (χ3n) is 5.20. The SMILES string of the molecule is CNC1c2ccccc2OCC1N(C)CC1CCCCC1. The molecular weight excluding hydrogens is 260 g/mol. The van der Waals surface area contributed by atoms with Crippen molar-refractivity contribution in [3.8, 4) is 5.75 Å². The van der Waals surface area contributed by atoms with Crippen LogP contribution in [0, 0.1) is 5.92 Å². The maximum atomic E-state index is 6.00. The Morgan fingerprint density at radius 1 is 1.19 bits per heavy atom. The molecule has 1 aliphatic carbocycles. The van der Waals surface area contributed by atoms with E-state index in [0.29, 0.717) is 12.1 Å². The van der Waals surface area contributed by atoms with Crippen LogP contribution in [0.5, 0.6) is 5.75 Å². The molecule has 3 rings (SSSR count). The van der Waals surface area contributed by atoms with Crippen LogP contribution in [0.15, 0.2) is 24.3 Å². The molecule has 1 aromatic carbocycles. The predicted molar refractivity (Wildman–Crippen MR) is 86.7 cm³/mol. The van der Waals surface area contributed by atoms with E-state index >= 15 is 0 Å². The molecule has 3 nitrogen and oxygen atoms in total. The molecule has 1 fully saturated rings. The number of hydrogen-bond acceptors (Lipinski definition) is 3. The minimum Gasteiger partial charge on any atom is -0.492 e. The van der Waals surface area contributed by atoms with Gasteiger partial charge in [0.1, 0.15) is 12.4 Å². The molecule has 0 amide bonds. The van der Waals surface area contributed by atoms with Gasteiger partial charge in [0.25, 0.3) is 0 Å². The molecule has 0 spiro atoms. The second kappa shape index (κ2) is 6.80. The van der Waals surface area contributed by atoms with Crippen LogP contribution in [0.25, 0.3) is 0 Å². The Balaban J connectivity index is 1.69. The minimum absolute atomic E-state index is 0.364. The van der Waals surface area contributed by atoms with Crippen LogP contribution < -0.4 is 10.1 Å². The number of likely N-dealkylation sites (N-methyl/N-ethyl adjacent to an activating group) is 2. The monoisotopic (exact) mass is 288 g/mol. The van der Waals surface area contributed by atoms with E-state index in [1.54, 1.807) is 0 Å². The smallest absolute Gasteiger partial charge is 0.124 e. The summed E-state index contributed by atoms with van der Waals surface area (Å²) in [4.78, 5) is 2.52. The van der Waals surface area contributed by atoms with Crippen molar-refractivity contribution in [2.24, 2.45) is 5.92 Å². The normalized spacial score (nSPS) is 26.4. The maximum Gasteiger partial charge on any atom is 0.124 e. The Hall–Kier alpha value is -1.06. The molecule has 1 aromatic rings. The fraction of sp³-hybridized carbons (Fsp3) is 0.667. The molecule has 1 saturated carbocycles. The first kappa shape index (κ1) is 14.9. The largest absolute Gasteiger partial charge is 0.492 e. The molecule has 2 atom stereocenters. The zero-order valence-corrected chi connectivity index (χ0v) is 13.3. The second-order valence-corrected chi connectivity index (χ2v) is 6.63. The number of nitrogens with one attached hydrogen (secondary N) is 1. The van der Waals surface area contributed by atoms with E-state index < -0.39 is 0 Å². The first-order chi connectivity index (χ1) is 10.3. The lowest BCUT2D eigenvalue weighted by Crippen LogP contribution is -2.49. The van der Waals surface area contributed by atoms with E-state index in [0.717, 1.165) is 18.3 Å². The topological polar surface area (TPSA) is 24.5 Å². The van der Waals surface area contributed by atoms with E-state index in [9.17, 15) is 0 Å². The number of benzene rings is 1. The van der Waals surface area contributed by atoms with Crippen molar-refractivity contribution >= 4 is 0 Å². The van der Waals surface area contributed by atoms with Gasteiger partial charge in [0.2, 0.25) is 0 Å². The number of fused-ring (bicyclic) bond motifs is 1. The van der Waals surface area contributed by atoms with Crippen LogP contribution in [0.3, 0.4) is 0 Å². The van der Waals surface area contributed by atoms with E-state index in [1.165, 1.54) is 44.2 Å². The highest BCUT2D eigenvalue weighted by Crippen LogP contribution is 2.34. The Morgan fingerprint density at radius 3 is 2.71 bits per heavy atom. The van der Waals surface area contributed by atoms with Gasteiger partial charge in [-0.05, 0) is 38.9 Å². The molecular formula is C18H28N2O. The molecule has 1 heterocycles. The van der Waals surface area contributed by atoms with Gasteiger partial charge < -0.3 is 10.1 Å². The maximum absolute atomic E-state index is 6.00. The quantitative estimate of drug-likeness (QED) is 0.920. The zero-order valence-electron chi connectivity index (χ0n) is 13.3. The molecule has 1 N–H and O–H groups in total. The Kier molecular flexibility index (Phi) is 4.81. The lowest BCUT2D eigenvalue weighted by Gasteiger charge is -2.40. The molecule has 2 unspecified atom stereocenters. The summed E-state index contributed by atoms with van der Waals surface area (Å²) in [6.07, 6.45) is 7.06. The molecule has 0 bridgehead atoms. The average molecular weight is 288 g/mol. The van der Waals surface area contributed by atoms with Gasteiger partial charge in [0.15, 0.2) is 0 Å². The van der Waals surface area contributed by atoms with Crippen LogP contribution in [0.4, 0.5) is 0 Å². The van der Waals surface area contributed by atoms with Gasteiger partial charge in [-0.25, -0.2) is 0 Å². The molecule has 0 saturated heterocycles. The second-order valence-electron chi connectivity index (χ2n) is 6.63. The number of hydrogen-bond donors (Lipinski definition) is 1. The van der Waals surface area contributed by atoms with Crippen LogP contribution in [0.2, 0.25) is 0 Å². The summed E-state index contributed by atoms with van der Waals surface area (Å²) in [7, 11) is 4.33. The van der Waals surface area contributed by atoms with E-state index in [1.807, 2.05) is 0 Å². The molecule has 21 heavy (non-hydrogen) atoms. The minimum atomic E-state index is 0.364. The predicted octanol–water partition coefficient (Wildman–Crippen LogP) is 3.22. The third-order valence-corrected chi connectivity index (χ3v) is 5.20. The van der Waals surface area contributed by atoms with Crippen LogP contribution in [0.1, 0.15) is 43.7 Å². The van der Waals surface area contributed by atoms with Gasteiger partial charge in [0, 0.05) is 12.1 Å². The van der Waals surface area contributed by atoms with Crippen molar-refractivity contribution < 1.29 is 4.74 Å². The molecule has 116 valence electrons. The lowest BCUT2D eigenvalue weighted by atomic mass is 9.88. The molecule has 1 aliphatic heterocycles. The molecule has 0 aromatic heterocycles. The van der Waals surface area contributed by atoms with E-state index in [-0.39, 0.29) is 0 Å². The van der Waals surface area contributed by atoms with Crippen molar-refractivity contribution in [1.82, 2.24) is 10.2 Å². The van der Waals surface area contributed by atoms with Crippen molar-refractivity contribution in [2.45, 2.75) is 44.2 Å². The standard InChI is InChI=1S/C18H28N2O/c1-19-18-15-10-6-7-11-17(15)21-13-16(18)20(2)12-14-8-4-3-5-9-14/h6-7,10-11,14,16,18-19H,3-5,8-9,12-13H2,1-2H3. The zero-order chi connectivity index (χ0) is 14.7. The lowest BCUT2D eigenvalue weighted by molar-refractivity contribution is 0.0897. The van der Waals surface area contributed by atoms with Gasteiger partial charge in [-0.2, -0.15) is 0 Å². The molecule has 2 aliphatic rings. The van der Waals surface area contributed by atoms with Crippen molar-refractivity contribution in [2.75, 3.05) is 27.2 Å². The summed E-state index contributed by atoms with van der Waals surface area (Å²) in [5.41, 5.74) is 1.30. The highest BCUT2D eigenvalue weighted by atomic mass is 16.5. The van der Waals surface area contributed by atoms with Crippen molar-refractivity contribution in [1.29, 1.82) is 0 Å². The number of ether oxygens (including phenoxy) is 1.